The summed E-state index contributed by atoms with van der Waals surface area (Å²) in [6.45, 7) is 7.58. The molecule has 0 aromatic heterocycles. The zero-order valence-corrected chi connectivity index (χ0v) is 10.8. The lowest BCUT2D eigenvalue weighted by Gasteiger charge is -2.26. The molecule has 0 spiro atoms. The maximum absolute atomic E-state index is 6.02. The van der Waals surface area contributed by atoms with Crippen LogP contribution < -0.4 is 5.32 Å². The molecule has 0 saturated carbocycles. The third-order valence-corrected chi connectivity index (χ3v) is 3.03. The van der Waals surface area contributed by atoms with E-state index in [9.17, 15) is 0 Å². The van der Waals surface area contributed by atoms with Gasteiger partial charge in [-0.25, -0.2) is 0 Å². The molecule has 1 heterocycles. The Morgan fingerprint density at radius 1 is 1.38 bits per heavy atom. The van der Waals surface area contributed by atoms with E-state index >= 15 is 0 Å². The number of nitrogens with one attached hydrogen (secondary N) is 1. The number of hydrogen-bond acceptors (Lipinski definition) is 4. The minimum Gasteiger partial charge on any atom is -0.383 e. The summed E-state index contributed by atoms with van der Waals surface area (Å²) < 4.78 is 10.3. The molecule has 0 aliphatic carbocycles. The van der Waals surface area contributed by atoms with E-state index in [0.717, 1.165) is 52.4 Å². The molecule has 1 rings (SSSR count). The van der Waals surface area contributed by atoms with Crippen molar-refractivity contribution >= 4 is 11.6 Å². The van der Waals surface area contributed by atoms with Crippen LogP contribution in [0, 0.1) is 0 Å². The summed E-state index contributed by atoms with van der Waals surface area (Å²) in [6, 6.07) is 0. The van der Waals surface area contributed by atoms with Crippen molar-refractivity contribution in [2.24, 2.45) is 0 Å². The maximum atomic E-state index is 6.02. The summed E-state index contributed by atoms with van der Waals surface area (Å²) in [5.74, 6) is 0. The highest BCUT2D eigenvalue weighted by Crippen LogP contribution is 2.00. The van der Waals surface area contributed by atoms with Crippen LogP contribution in [0.1, 0.15) is 6.42 Å². The van der Waals surface area contributed by atoms with E-state index in [1.807, 2.05) is 0 Å². The molecule has 1 atom stereocenters. The van der Waals surface area contributed by atoms with E-state index < -0.39 is 0 Å². The SMILES string of the molecule is COCC(Cl)CCNCCN1CCOCC1. The highest BCUT2D eigenvalue weighted by molar-refractivity contribution is 6.20. The Kier molecular flexibility index (Phi) is 8.15. The Labute approximate surface area is 103 Å². The molecule has 1 aliphatic heterocycles. The first-order valence-corrected chi connectivity index (χ1v) is 6.40. The van der Waals surface area contributed by atoms with Gasteiger partial charge >= 0.3 is 0 Å². The summed E-state index contributed by atoms with van der Waals surface area (Å²) >= 11 is 6.02. The van der Waals surface area contributed by atoms with Crippen molar-refractivity contribution in [3.63, 3.8) is 0 Å². The highest BCUT2D eigenvalue weighted by atomic mass is 35.5. The van der Waals surface area contributed by atoms with Crippen LogP contribution in [0.2, 0.25) is 0 Å². The minimum atomic E-state index is 0.126. The summed E-state index contributed by atoms with van der Waals surface area (Å²) in [5, 5.41) is 3.53. The largest absolute Gasteiger partial charge is 0.383 e. The topological polar surface area (TPSA) is 33.7 Å². The third-order valence-electron chi connectivity index (χ3n) is 2.69. The monoisotopic (exact) mass is 250 g/mol. The van der Waals surface area contributed by atoms with Crippen LogP contribution in [0.3, 0.4) is 0 Å². The van der Waals surface area contributed by atoms with Gasteiger partial charge in [0.2, 0.25) is 0 Å². The number of alkyl halides is 1. The lowest BCUT2D eigenvalue weighted by atomic mass is 10.3. The Hall–Kier alpha value is 0.130. The summed E-state index contributed by atoms with van der Waals surface area (Å²) in [4.78, 5) is 2.42. The minimum absolute atomic E-state index is 0.126. The number of morpholine rings is 1. The van der Waals surface area contributed by atoms with E-state index in [0.29, 0.717) is 6.61 Å². The predicted molar refractivity (Wildman–Crippen MR) is 66.3 cm³/mol. The smallest absolute Gasteiger partial charge is 0.0626 e. The third kappa shape index (κ3) is 6.66. The van der Waals surface area contributed by atoms with Crippen LogP contribution in [0.25, 0.3) is 0 Å². The van der Waals surface area contributed by atoms with E-state index in [4.69, 9.17) is 21.1 Å². The van der Waals surface area contributed by atoms with Crippen molar-refractivity contribution < 1.29 is 9.47 Å². The lowest BCUT2D eigenvalue weighted by molar-refractivity contribution is 0.0384. The molecular weight excluding hydrogens is 228 g/mol. The van der Waals surface area contributed by atoms with Crippen molar-refractivity contribution in [3.8, 4) is 0 Å². The second-order valence-electron chi connectivity index (χ2n) is 4.05. The Bertz CT molecular complexity index is 166. The molecule has 0 aromatic carbocycles. The van der Waals surface area contributed by atoms with Crippen LogP contribution in [0.15, 0.2) is 0 Å². The molecule has 1 aliphatic rings. The maximum Gasteiger partial charge on any atom is 0.0626 e. The zero-order valence-electron chi connectivity index (χ0n) is 10.1. The average Bonchev–Trinajstić information content (AvgIpc) is 2.30. The number of methoxy groups -OCH3 is 1. The van der Waals surface area contributed by atoms with Crippen LogP contribution in [-0.2, 0) is 9.47 Å². The first kappa shape index (κ1) is 14.2. The van der Waals surface area contributed by atoms with E-state index in [1.165, 1.54) is 0 Å². The number of halogens is 1. The van der Waals surface area contributed by atoms with Gasteiger partial charge in [-0.2, -0.15) is 0 Å². The predicted octanol–water partition coefficient (Wildman–Crippen LogP) is 0.552. The van der Waals surface area contributed by atoms with Gasteiger partial charge in [0.1, 0.15) is 0 Å². The molecule has 1 fully saturated rings. The molecule has 0 radical (unpaired) electrons. The Balaban J connectivity index is 1.87. The molecule has 0 amide bonds. The van der Waals surface area contributed by atoms with Gasteiger partial charge in [0, 0.05) is 33.3 Å². The zero-order chi connectivity index (χ0) is 11.6. The summed E-state index contributed by atoms with van der Waals surface area (Å²) in [5.41, 5.74) is 0. The van der Waals surface area contributed by atoms with Crippen molar-refractivity contribution in [2.75, 3.05) is 59.7 Å². The second kappa shape index (κ2) is 9.19. The molecule has 16 heavy (non-hydrogen) atoms. The number of ether oxygens (including phenoxy) is 2. The normalized spacial score (nSPS) is 19.9. The summed E-state index contributed by atoms with van der Waals surface area (Å²) in [7, 11) is 1.68. The fourth-order valence-electron chi connectivity index (χ4n) is 1.71. The summed E-state index contributed by atoms with van der Waals surface area (Å²) in [6.07, 6.45) is 0.957. The second-order valence-corrected chi connectivity index (χ2v) is 4.66. The number of nitrogens with zero attached hydrogens (tertiary/aromatic N) is 1. The molecule has 0 aromatic rings. The van der Waals surface area contributed by atoms with Gasteiger partial charge in [0.05, 0.1) is 25.2 Å². The van der Waals surface area contributed by atoms with Crippen molar-refractivity contribution in [3.05, 3.63) is 0 Å². The quantitative estimate of drug-likeness (QED) is 0.504. The standard InChI is InChI=1S/C11H23ClN2O2/c1-15-10-11(12)2-3-13-4-5-14-6-8-16-9-7-14/h11,13H,2-10H2,1H3. The molecular formula is C11H23ClN2O2. The van der Waals surface area contributed by atoms with Gasteiger partial charge in [-0.1, -0.05) is 0 Å². The highest BCUT2D eigenvalue weighted by Gasteiger charge is 2.09. The van der Waals surface area contributed by atoms with Crippen LogP contribution in [0.5, 0.6) is 0 Å². The van der Waals surface area contributed by atoms with Crippen molar-refractivity contribution in [2.45, 2.75) is 11.8 Å². The first-order valence-electron chi connectivity index (χ1n) is 5.96. The van der Waals surface area contributed by atoms with E-state index in [1.54, 1.807) is 7.11 Å². The molecule has 1 saturated heterocycles. The molecule has 5 heteroatoms. The van der Waals surface area contributed by atoms with Gasteiger partial charge in [0.15, 0.2) is 0 Å². The van der Waals surface area contributed by atoms with E-state index in [2.05, 4.69) is 10.2 Å². The van der Waals surface area contributed by atoms with Gasteiger partial charge in [-0.15, -0.1) is 11.6 Å². The van der Waals surface area contributed by atoms with Crippen LogP contribution in [0.4, 0.5) is 0 Å². The van der Waals surface area contributed by atoms with Gasteiger partial charge in [0.25, 0.3) is 0 Å². The molecule has 96 valence electrons. The average molecular weight is 251 g/mol. The fraction of sp³-hybridized carbons (Fsp3) is 1.00. The molecule has 1 unspecified atom stereocenters. The van der Waals surface area contributed by atoms with Gasteiger partial charge < -0.3 is 14.8 Å². The fourth-order valence-corrected chi connectivity index (χ4v) is 1.94. The first-order chi connectivity index (χ1) is 7.83. The number of rotatable bonds is 8. The molecule has 1 N–H and O–H groups in total. The Morgan fingerprint density at radius 3 is 2.81 bits per heavy atom. The van der Waals surface area contributed by atoms with E-state index in [-0.39, 0.29) is 5.38 Å². The van der Waals surface area contributed by atoms with Gasteiger partial charge in [-0.3, -0.25) is 4.90 Å². The van der Waals surface area contributed by atoms with Crippen LogP contribution in [-0.4, -0.2) is 69.9 Å². The lowest BCUT2D eigenvalue weighted by Crippen LogP contribution is -2.40. The van der Waals surface area contributed by atoms with Crippen molar-refractivity contribution in [1.82, 2.24) is 10.2 Å². The molecule has 0 bridgehead atoms. The van der Waals surface area contributed by atoms with Crippen molar-refractivity contribution in [1.29, 1.82) is 0 Å². The Morgan fingerprint density at radius 2 is 2.12 bits per heavy atom. The molecule has 4 nitrogen and oxygen atoms in total. The van der Waals surface area contributed by atoms with Crippen LogP contribution >= 0.6 is 11.6 Å². The van der Waals surface area contributed by atoms with Gasteiger partial charge in [-0.05, 0) is 13.0 Å². The number of hydrogen-bond donors (Lipinski definition) is 1.